The lowest BCUT2D eigenvalue weighted by molar-refractivity contribution is -0.128. The average molecular weight is 420 g/mol. The first-order valence-electron chi connectivity index (χ1n) is 10.4. The van der Waals surface area contributed by atoms with Crippen LogP contribution in [0, 0.1) is 11.3 Å². The normalized spacial score (nSPS) is 24.7. The van der Waals surface area contributed by atoms with E-state index in [0.29, 0.717) is 18.3 Å². The highest BCUT2D eigenvalue weighted by Crippen LogP contribution is 2.38. The average Bonchev–Trinajstić information content (AvgIpc) is 2.75. The van der Waals surface area contributed by atoms with Gasteiger partial charge in [0, 0.05) is 43.3 Å². The molecule has 0 N–H and O–H groups in total. The van der Waals surface area contributed by atoms with Crippen molar-refractivity contribution in [3.05, 3.63) is 24.3 Å². The number of carbonyl (C=O) groups excluding carboxylic acids is 1. The van der Waals surface area contributed by atoms with Crippen LogP contribution < -0.4 is 9.64 Å². The van der Waals surface area contributed by atoms with Crippen molar-refractivity contribution in [2.24, 2.45) is 16.5 Å². The van der Waals surface area contributed by atoms with Crippen LogP contribution in [0.15, 0.2) is 29.4 Å². The second-order valence-corrected chi connectivity index (χ2v) is 9.01. The molecule has 1 aromatic rings. The standard InChI is InChI=1S/C22H33N3O3S/c1-5-18-14-28-23-17(2)22(18,3)16-29-15-21(26)25-12-10-24(11-13-25)19-8-6-7-9-20(19)27-4/h6-9,18H,5,10-16H2,1-4H3. The van der Waals surface area contributed by atoms with Crippen molar-refractivity contribution >= 4 is 29.1 Å². The van der Waals surface area contributed by atoms with Gasteiger partial charge in [-0.3, -0.25) is 4.79 Å². The molecule has 7 heteroatoms. The third kappa shape index (κ3) is 4.82. The maximum atomic E-state index is 12.7. The van der Waals surface area contributed by atoms with Gasteiger partial charge in [-0.25, -0.2) is 0 Å². The predicted molar refractivity (Wildman–Crippen MR) is 120 cm³/mol. The molecule has 2 atom stereocenters. The van der Waals surface area contributed by atoms with E-state index in [1.54, 1.807) is 18.9 Å². The van der Waals surface area contributed by atoms with Crippen LogP contribution >= 0.6 is 11.8 Å². The first-order chi connectivity index (χ1) is 14.0. The fraction of sp³-hybridized carbons (Fsp3) is 0.636. The maximum Gasteiger partial charge on any atom is 0.232 e. The van der Waals surface area contributed by atoms with Crippen LogP contribution in [-0.4, -0.2) is 67.9 Å². The van der Waals surface area contributed by atoms with Gasteiger partial charge in [-0.2, -0.15) is 11.8 Å². The van der Waals surface area contributed by atoms with Gasteiger partial charge in [0.2, 0.25) is 5.91 Å². The number of ether oxygens (including phenoxy) is 1. The Bertz CT molecular complexity index is 734. The van der Waals surface area contributed by atoms with Gasteiger partial charge in [-0.15, -0.1) is 0 Å². The molecule has 160 valence electrons. The van der Waals surface area contributed by atoms with Crippen LogP contribution in [0.2, 0.25) is 0 Å². The number of oxime groups is 1. The highest BCUT2D eigenvalue weighted by molar-refractivity contribution is 8.00. The molecule has 0 spiro atoms. The molecule has 0 saturated carbocycles. The largest absolute Gasteiger partial charge is 0.495 e. The summed E-state index contributed by atoms with van der Waals surface area (Å²) in [4.78, 5) is 22.4. The molecule has 2 unspecified atom stereocenters. The molecule has 1 fully saturated rings. The van der Waals surface area contributed by atoms with Crippen LogP contribution in [0.5, 0.6) is 5.75 Å². The first kappa shape index (κ1) is 21.8. The molecule has 1 amide bonds. The Hall–Kier alpha value is -1.89. The Balaban J connectivity index is 1.49. The molecule has 6 nitrogen and oxygen atoms in total. The summed E-state index contributed by atoms with van der Waals surface area (Å²) in [6, 6.07) is 8.07. The van der Waals surface area contributed by atoms with E-state index in [1.807, 2.05) is 30.0 Å². The highest BCUT2D eigenvalue weighted by Gasteiger charge is 2.39. The second kappa shape index (κ2) is 9.74. The molecule has 0 bridgehead atoms. The van der Waals surface area contributed by atoms with Gasteiger partial charge in [0.1, 0.15) is 12.4 Å². The Morgan fingerprint density at radius 3 is 2.72 bits per heavy atom. The SMILES string of the molecule is CCC1CON=C(C)C1(C)CSCC(=O)N1CCN(c2ccccc2OC)CC1. The van der Waals surface area contributed by atoms with E-state index in [4.69, 9.17) is 9.57 Å². The quantitative estimate of drug-likeness (QED) is 0.677. The fourth-order valence-electron chi connectivity index (χ4n) is 4.13. The number of amides is 1. The summed E-state index contributed by atoms with van der Waals surface area (Å²) < 4.78 is 5.48. The zero-order valence-corrected chi connectivity index (χ0v) is 18.8. The van der Waals surface area contributed by atoms with Crippen LogP contribution in [0.4, 0.5) is 5.69 Å². The van der Waals surface area contributed by atoms with Gasteiger partial charge in [0.15, 0.2) is 0 Å². The second-order valence-electron chi connectivity index (χ2n) is 8.03. The Kier molecular flexibility index (Phi) is 7.33. The predicted octanol–water partition coefficient (Wildman–Crippen LogP) is 3.52. The van der Waals surface area contributed by atoms with Gasteiger partial charge in [0.05, 0.1) is 24.3 Å². The van der Waals surface area contributed by atoms with Crippen molar-refractivity contribution in [3.63, 3.8) is 0 Å². The van der Waals surface area contributed by atoms with Crippen molar-refractivity contribution in [1.82, 2.24) is 4.90 Å². The minimum Gasteiger partial charge on any atom is -0.495 e. The van der Waals surface area contributed by atoms with Gasteiger partial charge in [0.25, 0.3) is 0 Å². The van der Waals surface area contributed by atoms with Gasteiger partial charge in [-0.1, -0.05) is 31.1 Å². The third-order valence-corrected chi connectivity index (χ3v) is 7.64. The number of rotatable bonds is 7. The molecule has 2 aliphatic rings. The van der Waals surface area contributed by atoms with E-state index in [0.717, 1.165) is 55.5 Å². The molecule has 2 aliphatic heterocycles. The molecule has 1 saturated heterocycles. The molecule has 0 aliphatic carbocycles. The van der Waals surface area contributed by atoms with Crippen molar-refractivity contribution in [1.29, 1.82) is 0 Å². The number of piperazine rings is 1. The topological polar surface area (TPSA) is 54.4 Å². The first-order valence-corrected chi connectivity index (χ1v) is 11.6. The molecule has 0 radical (unpaired) electrons. The summed E-state index contributed by atoms with van der Waals surface area (Å²) >= 11 is 1.73. The zero-order chi connectivity index (χ0) is 20.9. The minimum atomic E-state index is 0.000503. The van der Waals surface area contributed by atoms with Crippen LogP contribution in [-0.2, 0) is 9.63 Å². The summed E-state index contributed by atoms with van der Waals surface area (Å²) in [5.41, 5.74) is 2.14. The summed E-state index contributed by atoms with van der Waals surface area (Å²) in [6.45, 7) is 10.3. The van der Waals surface area contributed by atoms with E-state index < -0.39 is 0 Å². The number of hydrogen-bond donors (Lipinski definition) is 0. The number of thioether (sulfide) groups is 1. The van der Waals surface area contributed by atoms with Gasteiger partial charge >= 0.3 is 0 Å². The number of methoxy groups -OCH3 is 1. The summed E-state index contributed by atoms with van der Waals surface area (Å²) in [6.07, 6.45) is 1.06. The molecular weight excluding hydrogens is 386 g/mol. The fourth-order valence-corrected chi connectivity index (χ4v) is 5.46. The number of nitrogens with zero attached hydrogens (tertiary/aromatic N) is 3. The van der Waals surface area contributed by atoms with Gasteiger partial charge < -0.3 is 19.4 Å². The van der Waals surface area contributed by atoms with Crippen LogP contribution in [0.3, 0.4) is 0 Å². The summed E-state index contributed by atoms with van der Waals surface area (Å²) in [5.74, 6) is 2.99. The smallest absolute Gasteiger partial charge is 0.232 e. The highest BCUT2D eigenvalue weighted by atomic mass is 32.2. The minimum absolute atomic E-state index is 0.000503. The van der Waals surface area contributed by atoms with Crippen LogP contribution in [0.25, 0.3) is 0 Å². The van der Waals surface area contributed by atoms with E-state index in [2.05, 4.69) is 30.0 Å². The van der Waals surface area contributed by atoms with E-state index in [1.165, 1.54) is 0 Å². The maximum absolute atomic E-state index is 12.7. The molecule has 3 rings (SSSR count). The summed E-state index contributed by atoms with van der Waals surface area (Å²) in [7, 11) is 1.70. The molecule has 2 heterocycles. The third-order valence-electron chi connectivity index (χ3n) is 6.38. The van der Waals surface area contributed by atoms with Crippen molar-refractivity contribution in [2.75, 3.05) is 56.3 Å². The van der Waals surface area contributed by atoms with E-state index >= 15 is 0 Å². The van der Waals surface area contributed by atoms with Crippen LogP contribution in [0.1, 0.15) is 27.2 Å². The molecule has 29 heavy (non-hydrogen) atoms. The van der Waals surface area contributed by atoms with E-state index in [-0.39, 0.29) is 11.3 Å². The number of benzene rings is 1. The number of carbonyl (C=O) groups is 1. The number of anilines is 1. The Morgan fingerprint density at radius 1 is 1.31 bits per heavy atom. The molecule has 1 aromatic carbocycles. The van der Waals surface area contributed by atoms with Crippen molar-refractivity contribution in [3.8, 4) is 5.75 Å². The lowest BCUT2D eigenvalue weighted by Gasteiger charge is -2.39. The Morgan fingerprint density at radius 2 is 2.03 bits per heavy atom. The van der Waals surface area contributed by atoms with Gasteiger partial charge in [-0.05, 0) is 25.5 Å². The van der Waals surface area contributed by atoms with E-state index in [9.17, 15) is 4.79 Å². The van der Waals surface area contributed by atoms with Crippen molar-refractivity contribution < 1.29 is 14.4 Å². The molecular formula is C22H33N3O3S. The number of hydrogen-bond acceptors (Lipinski definition) is 6. The lowest BCUT2D eigenvalue weighted by atomic mass is 9.74. The molecule has 0 aromatic heterocycles. The Labute approximate surface area is 178 Å². The monoisotopic (exact) mass is 419 g/mol. The zero-order valence-electron chi connectivity index (χ0n) is 18.0. The van der Waals surface area contributed by atoms with Crippen molar-refractivity contribution in [2.45, 2.75) is 27.2 Å². The lowest BCUT2D eigenvalue weighted by Crippen LogP contribution is -2.49. The summed E-state index contributed by atoms with van der Waals surface area (Å²) in [5, 5.41) is 4.21. The number of para-hydroxylation sites is 2.